The SMILES string of the molecule is Cc1cc2[cH-]c3cc(C)c(C(C)(C)C)cc3c2cc1C(C)(C)C.Cl.Cl.FC(F)(F)c1ccc([C](=[Zr+2])c2ccc(C(F)(F)F)cc2)cc1.[C-]1=CC=CC1. The molecule has 1 aliphatic carbocycles. The Morgan fingerprint density at radius 1 is 0.615 bits per heavy atom. The molecular weight excluding hydrogens is 793 g/mol. The van der Waals surface area contributed by atoms with Gasteiger partial charge in [-0.25, -0.2) is 12.2 Å². The number of hydrogen-bond donors (Lipinski definition) is 0. The Hall–Kier alpha value is -2.86. The maximum absolute atomic E-state index is 12.5. The van der Waals surface area contributed by atoms with Crippen molar-refractivity contribution in [3.8, 4) is 0 Å². The third-order valence-corrected chi connectivity index (χ3v) is 10.0. The fourth-order valence-electron chi connectivity index (χ4n) is 6.11. The summed E-state index contributed by atoms with van der Waals surface area (Å²) in [5.41, 5.74) is 5.67. The van der Waals surface area contributed by atoms with Gasteiger partial charge < -0.3 is 0 Å². The largest absolute Gasteiger partial charge is 0.273 e. The van der Waals surface area contributed by atoms with Gasteiger partial charge in [0, 0.05) is 0 Å². The van der Waals surface area contributed by atoms with Crippen LogP contribution < -0.4 is 0 Å². The minimum absolute atomic E-state index is 0. The van der Waals surface area contributed by atoms with Crippen LogP contribution in [0.25, 0.3) is 21.5 Å². The summed E-state index contributed by atoms with van der Waals surface area (Å²) in [5.74, 6) is 0. The summed E-state index contributed by atoms with van der Waals surface area (Å²) in [6.45, 7) is 18.3. The standard InChI is InChI=1S/C23H29.C15H8F6.C5H5.2ClH.Zr/c1-14-9-16-11-17-10-15(2)21(23(6,7)8)13-19(17)18(16)12-20(14)22(3,4)5;16-14(17,18)12-5-1-10(2-6-12)9-11-3-7-13(8-4-11)15(19,20)21;1-2-4-5-3-1;;;/h9-13H,1-8H3;1-8H;1-3H,4H2;2*1H;/q-1;;-1;;;+2. The molecule has 0 N–H and O–H groups in total. The Bertz CT molecular complexity index is 1890. The predicted octanol–water partition coefficient (Wildman–Crippen LogP) is 13.9. The van der Waals surface area contributed by atoms with Gasteiger partial charge in [-0.1, -0.05) is 75.9 Å². The van der Waals surface area contributed by atoms with Crippen LogP contribution in [0.1, 0.15) is 92.5 Å². The fraction of sp³-hybridized carbons (Fsp3) is 0.302. The van der Waals surface area contributed by atoms with Crippen LogP contribution in [0.2, 0.25) is 0 Å². The molecular formula is C43H44Cl2F6Zr. The summed E-state index contributed by atoms with van der Waals surface area (Å²) in [5, 5.41) is 5.55. The van der Waals surface area contributed by atoms with Crippen LogP contribution in [0.3, 0.4) is 0 Å². The monoisotopic (exact) mass is 834 g/mol. The Morgan fingerprint density at radius 3 is 1.23 bits per heavy atom. The van der Waals surface area contributed by atoms with Gasteiger partial charge in [0.25, 0.3) is 0 Å². The van der Waals surface area contributed by atoms with Gasteiger partial charge >= 0.3 is 137 Å². The second-order valence-corrected chi connectivity index (χ2v) is 15.9. The minimum Gasteiger partial charge on any atom is -0.273 e. The summed E-state index contributed by atoms with van der Waals surface area (Å²) >= 11 is 0.898. The molecule has 52 heavy (non-hydrogen) atoms. The Morgan fingerprint density at radius 2 is 0.981 bits per heavy atom. The molecule has 0 heterocycles. The maximum atomic E-state index is 12.5. The van der Waals surface area contributed by atoms with E-state index in [2.05, 4.69) is 97.9 Å². The first-order chi connectivity index (χ1) is 23.1. The summed E-state index contributed by atoms with van der Waals surface area (Å²) in [4.78, 5) is 0. The van der Waals surface area contributed by atoms with E-state index in [0.29, 0.717) is 14.3 Å². The molecule has 0 spiro atoms. The molecule has 276 valence electrons. The van der Waals surface area contributed by atoms with E-state index in [1.165, 1.54) is 68.1 Å². The molecule has 9 heteroatoms. The number of aryl methyl sites for hydroxylation is 2. The molecule has 0 saturated heterocycles. The van der Waals surface area contributed by atoms with Gasteiger partial charge in [-0.05, 0) is 24.7 Å². The summed E-state index contributed by atoms with van der Waals surface area (Å²) in [7, 11) is 0. The van der Waals surface area contributed by atoms with Crippen LogP contribution in [0.5, 0.6) is 0 Å². The zero-order valence-electron chi connectivity index (χ0n) is 30.5. The average Bonchev–Trinajstić information content (AvgIpc) is 3.70. The first-order valence-electron chi connectivity index (χ1n) is 16.4. The first kappa shape index (κ1) is 45.3. The van der Waals surface area contributed by atoms with Crippen molar-refractivity contribution in [1.82, 2.24) is 0 Å². The molecule has 0 aliphatic heterocycles. The van der Waals surface area contributed by atoms with Crippen molar-refractivity contribution in [2.24, 2.45) is 0 Å². The number of rotatable bonds is 2. The van der Waals surface area contributed by atoms with Crippen molar-refractivity contribution in [3.05, 3.63) is 148 Å². The topological polar surface area (TPSA) is 0 Å². The Labute approximate surface area is 330 Å². The zero-order valence-corrected chi connectivity index (χ0v) is 34.6. The van der Waals surface area contributed by atoms with Crippen molar-refractivity contribution in [2.75, 3.05) is 0 Å². The minimum atomic E-state index is -4.41. The molecule has 5 aromatic rings. The molecule has 0 atom stereocenters. The van der Waals surface area contributed by atoms with Crippen LogP contribution in [-0.4, -0.2) is 3.21 Å². The van der Waals surface area contributed by atoms with E-state index in [9.17, 15) is 26.3 Å². The molecule has 0 aromatic heterocycles. The maximum Gasteiger partial charge on any atom is -0.109 e. The van der Waals surface area contributed by atoms with Gasteiger partial charge in [-0.2, -0.15) is 6.08 Å². The molecule has 0 fully saturated rings. The zero-order chi connectivity index (χ0) is 37.2. The molecule has 0 unspecified atom stereocenters. The van der Waals surface area contributed by atoms with Crippen LogP contribution >= 0.6 is 24.8 Å². The van der Waals surface area contributed by atoms with E-state index in [1.54, 1.807) is 0 Å². The summed E-state index contributed by atoms with van der Waals surface area (Å²) < 4.78 is 75.6. The molecule has 5 aromatic carbocycles. The van der Waals surface area contributed by atoms with Gasteiger partial charge in [0.15, 0.2) is 0 Å². The normalized spacial score (nSPS) is 12.8. The van der Waals surface area contributed by atoms with Crippen LogP contribution in [0.15, 0.2) is 97.1 Å². The second-order valence-electron chi connectivity index (χ2n) is 14.7. The number of fused-ring (bicyclic) bond motifs is 3. The van der Waals surface area contributed by atoms with Crippen LogP contribution in [-0.2, 0) is 47.4 Å². The number of hydrogen-bond acceptors (Lipinski definition) is 0. The molecule has 0 saturated carbocycles. The number of benzene rings is 4. The fourth-order valence-corrected chi connectivity index (χ4v) is 6.93. The Balaban J connectivity index is 0.000000307. The van der Waals surface area contributed by atoms with Gasteiger partial charge in [0.05, 0.1) is 0 Å². The quantitative estimate of drug-likeness (QED) is 0.123. The van der Waals surface area contributed by atoms with Crippen LogP contribution in [0.4, 0.5) is 26.3 Å². The predicted molar refractivity (Wildman–Crippen MR) is 206 cm³/mol. The number of allylic oxidation sites excluding steroid dienone is 4. The second kappa shape index (κ2) is 17.5. The smallest absolute Gasteiger partial charge is 0.109 e. The molecule has 0 amide bonds. The van der Waals surface area contributed by atoms with E-state index in [1.807, 2.05) is 12.2 Å². The van der Waals surface area contributed by atoms with Gasteiger partial charge in [0.1, 0.15) is 0 Å². The van der Waals surface area contributed by atoms with Gasteiger partial charge in [0.2, 0.25) is 0 Å². The average molecular weight is 837 g/mol. The van der Waals surface area contributed by atoms with E-state index in [0.717, 1.165) is 54.9 Å². The van der Waals surface area contributed by atoms with Crippen molar-refractivity contribution in [1.29, 1.82) is 0 Å². The molecule has 0 bridgehead atoms. The first-order valence-corrected chi connectivity index (χ1v) is 17.6. The van der Waals surface area contributed by atoms with Crippen LogP contribution in [0, 0.1) is 19.9 Å². The van der Waals surface area contributed by atoms with E-state index in [-0.39, 0.29) is 35.6 Å². The molecule has 0 nitrogen and oxygen atoms in total. The molecule has 0 radical (unpaired) electrons. The summed E-state index contributed by atoms with van der Waals surface area (Å²) in [6, 6.07) is 21.1. The molecule has 6 rings (SSSR count). The van der Waals surface area contributed by atoms with Crippen molar-refractivity contribution < 1.29 is 50.6 Å². The van der Waals surface area contributed by atoms with E-state index >= 15 is 0 Å². The van der Waals surface area contributed by atoms with E-state index in [4.69, 9.17) is 0 Å². The van der Waals surface area contributed by atoms with Crippen molar-refractivity contribution >= 4 is 49.6 Å². The van der Waals surface area contributed by atoms with Gasteiger partial charge in [-0.3, -0.25) is 6.08 Å². The third kappa shape index (κ3) is 11.3. The number of alkyl halides is 6. The third-order valence-electron chi connectivity index (χ3n) is 8.60. The van der Waals surface area contributed by atoms with Gasteiger partial charge in [-0.15, -0.1) is 71.0 Å². The van der Waals surface area contributed by atoms with Crippen molar-refractivity contribution in [3.63, 3.8) is 0 Å². The Kier molecular flexibility index (Phi) is 15.3. The van der Waals surface area contributed by atoms with E-state index < -0.39 is 23.5 Å². The van der Waals surface area contributed by atoms with Crippen molar-refractivity contribution in [2.45, 2.75) is 85.0 Å². The summed E-state index contributed by atoms with van der Waals surface area (Å²) in [6.07, 6.45) is 1.18. The molecule has 1 aliphatic rings. The number of halogens is 8.